The molecule has 10 heteroatoms. The van der Waals surface area contributed by atoms with Crippen molar-refractivity contribution in [3.8, 4) is 0 Å². The Balaban J connectivity index is 1.52. The molecule has 0 radical (unpaired) electrons. The molecule has 16 atom stereocenters. The van der Waals surface area contributed by atoms with Gasteiger partial charge in [0.1, 0.15) is 11.3 Å². The highest BCUT2D eigenvalue weighted by Crippen LogP contribution is 2.60. The summed E-state index contributed by atoms with van der Waals surface area (Å²) in [5.41, 5.74) is -2.53. The van der Waals surface area contributed by atoms with Gasteiger partial charge in [-0.15, -0.1) is 0 Å². The van der Waals surface area contributed by atoms with Crippen molar-refractivity contribution in [2.75, 3.05) is 0 Å². The molecule has 0 aromatic rings. The Morgan fingerprint density at radius 2 is 1.70 bits per heavy atom. The maximum atomic E-state index is 15.0. The van der Waals surface area contributed by atoms with Crippen molar-refractivity contribution in [2.24, 2.45) is 52.8 Å². The van der Waals surface area contributed by atoms with Gasteiger partial charge in [0, 0.05) is 48.9 Å². The second-order valence-electron chi connectivity index (χ2n) is 17.8. The van der Waals surface area contributed by atoms with E-state index in [1.807, 2.05) is 52.8 Å². The lowest BCUT2D eigenvalue weighted by Crippen LogP contribution is -2.62. The topological polar surface area (TPSA) is 152 Å². The number of carbonyl (C=O) groups excluding carboxylic acids is 3. The number of Topliss-reactive ketones (excluding diaryl/α,β-unsaturated/α-hetero) is 1. The van der Waals surface area contributed by atoms with E-state index >= 15 is 0 Å². The zero-order chi connectivity index (χ0) is 38.9. The predicted octanol–water partition coefficient (Wildman–Crippen LogP) is 6.05. The van der Waals surface area contributed by atoms with E-state index in [1.165, 1.54) is 6.92 Å². The van der Waals surface area contributed by atoms with Gasteiger partial charge in [-0.1, -0.05) is 76.6 Å². The highest BCUT2D eigenvalue weighted by Gasteiger charge is 2.63. The number of esters is 1. The van der Waals surface area contributed by atoms with Crippen LogP contribution in [0.5, 0.6) is 0 Å². The van der Waals surface area contributed by atoms with Crippen molar-refractivity contribution in [1.29, 1.82) is 0 Å². The van der Waals surface area contributed by atoms with Crippen molar-refractivity contribution in [1.82, 2.24) is 5.32 Å². The molecule has 6 rings (SSSR count). The number of ether oxygens (including phenoxy) is 3. The van der Waals surface area contributed by atoms with Gasteiger partial charge in [-0.3, -0.25) is 9.59 Å². The second-order valence-corrected chi connectivity index (χ2v) is 17.8. The number of hydrogen-bond donors (Lipinski definition) is 4. The van der Waals surface area contributed by atoms with Gasteiger partial charge in [-0.2, -0.15) is 0 Å². The summed E-state index contributed by atoms with van der Waals surface area (Å²) in [4.78, 5) is 41.1. The number of carbonyl (C=O) groups is 3. The maximum absolute atomic E-state index is 15.0. The van der Waals surface area contributed by atoms with Crippen LogP contribution in [0, 0.1) is 52.8 Å². The third-order valence-corrected chi connectivity index (χ3v) is 13.8. The number of hydrogen-bond acceptors (Lipinski definition) is 9. The quantitative estimate of drug-likeness (QED) is 0.154. The normalized spacial score (nSPS) is 50.5. The molecule has 6 aliphatic rings. The van der Waals surface area contributed by atoms with E-state index < -0.39 is 70.8 Å². The number of ketones is 1. The first-order valence-corrected chi connectivity index (χ1v) is 19.7. The molecule has 4 aliphatic carbocycles. The number of rotatable bonds is 4. The van der Waals surface area contributed by atoms with Gasteiger partial charge in [0.15, 0.2) is 11.9 Å². The molecule has 1 spiro atoms. The first-order chi connectivity index (χ1) is 24.8. The molecule has 0 aromatic carbocycles. The lowest BCUT2D eigenvalue weighted by Gasteiger charge is -2.55. The van der Waals surface area contributed by atoms with Crippen LogP contribution in [-0.2, 0) is 28.6 Å². The minimum absolute atomic E-state index is 0.0139. The van der Waals surface area contributed by atoms with E-state index in [1.54, 1.807) is 13.8 Å². The molecule has 53 heavy (non-hydrogen) atoms. The highest BCUT2D eigenvalue weighted by atomic mass is 16.7. The van der Waals surface area contributed by atoms with E-state index in [0.717, 1.165) is 24.0 Å². The zero-order valence-corrected chi connectivity index (χ0v) is 33.1. The minimum Gasteiger partial charge on any atom is -0.511 e. The first kappa shape index (κ1) is 39.6. The number of allylic oxidation sites excluding steroid dienone is 4. The molecule has 16 unspecified atom stereocenters. The summed E-state index contributed by atoms with van der Waals surface area (Å²) >= 11 is 0. The van der Waals surface area contributed by atoms with Crippen LogP contribution < -0.4 is 5.32 Å². The molecule has 292 valence electrons. The third kappa shape index (κ3) is 6.59. The number of aliphatic hydroxyl groups excluding tert-OH is 2. The molecule has 2 bridgehead atoms. The fourth-order valence-electron chi connectivity index (χ4n) is 11.2. The van der Waals surface area contributed by atoms with Crippen molar-refractivity contribution >= 4 is 17.7 Å². The summed E-state index contributed by atoms with van der Waals surface area (Å²) in [6.07, 6.45) is 11.5. The largest absolute Gasteiger partial charge is 0.511 e. The van der Waals surface area contributed by atoms with Gasteiger partial charge >= 0.3 is 5.97 Å². The van der Waals surface area contributed by atoms with Gasteiger partial charge < -0.3 is 34.8 Å². The number of aliphatic hydroxyl groups is 3. The van der Waals surface area contributed by atoms with Crippen LogP contribution in [0.4, 0.5) is 0 Å². The van der Waals surface area contributed by atoms with Gasteiger partial charge in [-0.05, 0) is 69.8 Å². The van der Waals surface area contributed by atoms with Crippen molar-refractivity contribution < 1.29 is 43.9 Å². The third-order valence-electron chi connectivity index (χ3n) is 13.8. The van der Waals surface area contributed by atoms with E-state index in [-0.39, 0.29) is 65.6 Å². The van der Waals surface area contributed by atoms with Crippen molar-refractivity contribution in [2.45, 2.75) is 137 Å². The Kier molecular flexibility index (Phi) is 10.6. The van der Waals surface area contributed by atoms with Gasteiger partial charge in [0.05, 0.1) is 30.0 Å². The Morgan fingerprint density at radius 3 is 2.34 bits per heavy atom. The Labute approximate surface area is 314 Å². The fourth-order valence-corrected chi connectivity index (χ4v) is 11.2. The summed E-state index contributed by atoms with van der Waals surface area (Å²) in [6.45, 7) is 19.1. The van der Waals surface area contributed by atoms with Crippen LogP contribution in [0.3, 0.4) is 0 Å². The summed E-state index contributed by atoms with van der Waals surface area (Å²) in [5.74, 6) is -3.58. The Bertz CT molecular complexity index is 1660. The van der Waals surface area contributed by atoms with E-state index in [2.05, 4.69) is 37.4 Å². The Morgan fingerprint density at radius 1 is 1.00 bits per heavy atom. The minimum atomic E-state index is -1.55. The zero-order valence-electron chi connectivity index (χ0n) is 33.1. The smallest absolute Gasteiger partial charge is 0.346 e. The summed E-state index contributed by atoms with van der Waals surface area (Å²) < 4.78 is 19.4. The SMILES string of the molecule is CCC1C=CC2/C=C(\C)C(OC3CC(C)(O)C(NC(C)=O)C(C)O3)C(C)/C=C(\C)C3C=CC4C(O)C(C)CC(C)C4C3(C)/C(O)=C3/C(=O)OC2(C1)C3=O. The monoisotopic (exact) mass is 735 g/mol. The van der Waals surface area contributed by atoms with Crippen LogP contribution in [0.2, 0.25) is 0 Å². The molecular weight excluding hydrogens is 674 g/mol. The average molecular weight is 736 g/mol. The second kappa shape index (κ2) is 14.2. The highest BCUT2D eigenvalue weighted by molar-refractivity contribution is 6.26. The van der Waals surface area contributed by atoms with Crippen LogP contribution in [-0.4, -0.2) is 74.8 Å². The van der Waals surface area contributed by atoms with Crippen LogP contribution >= 0.6 is 0 Å². The lowest BCUT2D eigenvalue weighted by molar-refractivity contribution is -0.256. The number of fused-ring (bicyclic) bond motifs is 4. The van der Waals surface area contributed by atoms with E-state index in [4.69, 9.17) is 14.2 Å². The van der Waals surface area contributed by atoms with Gasteiger partial charge in [0.25, 0.3) is 0 Å². The molecule has 2 saturated heterocycles. The summed E-state index contributed by atoms with van der Waals surface area (Å²) in [7, 11) is 0. The molecule has 2 aliphatic heterocycles. The molecule has 0 aromatic heterocycles. The fraction of sp³-hybridized carbons (Fsp3) is 0.698. The van der Waals surface area contributed by atoms with Crippen molar-refractivity contribution in [3.63, 3.8) is 0 Å². The van der Waals surface area contributed by atoms with E-state index in [9.17, 15) is 29.7 Å². The lowest BCUT2D eigenvalue weighted by atomic mass is 9.49. The predicted molar refractivity (Wildman–Crippen MR) is 200 cm³/mol. The standard InChI is InChI=1S/C43H61NO9/c1-11-28-12-13-29-18-25(6)36(52-32-20-41(9,50)37(26(7)51-32)44-27(8)45)24(5)16-21(2)31-15-14-30-34(22(3)17-23(4)35(30)46)42(31,10)38(47)33-39(48)43(29,19-28)53-40(33)49/h12-16,18,22-24,26,28-32,34-37,46-47,50H,11,17,19-20H2,1-10H3,(H,44,45)/b21-16+,25-18+,38-33-. The number of amides is 1. The molecule has 4 N–H and O–H groups in total. The van der Waals surface area contributed by atoms with Gasteiger partial charge in [-0.25, -0.2) is 4.79 Å². The molecule has 3 fully saturated rings. The maximum Gasteiger partial charge on any atom is 0.346 e. The molecule has 2 heterocycles. The van der Waals surface area contributed by atoms with Gasteiger partial charge in [0.2, 0.25) is 11.7 Å². The van der Waals surface area contributed by atoms with Crippen LogP contribution in [0.25, 0.3) is 0 Å². The van der Waals surface area contributed by atoms with E-state index in [0.29, 0.717) is 0 Å². The Hall–Kier alpha value is -3.05. The number of nitrogens with one attached hydrogen (secondary N) is 1. The molecule has 1 amide bonds. The van der Waals surface area contributed by atoms with Crippen molar-refractivity contribution in [3.05, 3.63) is 58.9 Å². The molecule has 10 nitrogen and oxygen atoms in total. The molecule has 1 saturated carbocycles. The molecular formula is C43H61NO9. The van der Waals surface area contributed by atoms with Crippen LogP contribution in [0.15, 0.2) is 58.9 Å². The van der Waals surface area contributed by atoms with Crippen LogP contribution in [0.1, 0.15) is 94.9 Å². The average Bonchev–Trinajstić information content (AvgIpc) is 3.31. The summed E-state index contributed by atoms with van der Waals surface area (Å²) in [6, 6.07) is -0.629. The summed E-state index contributed by atoms with van der Waals surface area (Å²) in [5, 5.41) is 38.5. The first-order valence-electron chi connectivity index (χ1n) is 19.7.